The number of nitrogens with two attached hydrogens (primary N) is 1. The second-order valence-electron chi connectivity index (χ2n) is 0.954. The van der Waals surface area contributed by atoms with Gasteiger partial charge < -0.3 is 5.32 Å². The first-order chi connectivity index (χ1) is 2.91. The number of quaternary nitrogens is 1. The lowest BCUT2D eigenvalue weighted by molar-refractivity contribution is -0.556. The van der Waals surface area contributed by atoms with Crippen molar-refractivity contribution in [1.29, 1.82) is 0 Å². The van der Waals surface area contributed by atoms with Crippen molar-refractivity contribution in [3.63, 3.8) is 0 Å². The molecule has 0 aliphatic carbocycles. The largest absolute Gasteiger partial charge is 0.322 e. The molecule has 0 saturated carbocycles. The fraction of sp³-hybridized carbons (Fsp3) is 0.200. The van der Waals surface area contributed by atoms with Crippen LogP contribution in [0.4, 0.5) is 0 Å². The Morgan fingerprint density at radius 3 is 2.50 bits per heavy atom. The highest BCUT2D eigenvalue weighted by molar-refractivity contribution is 4.91. The fourth-order valence-corrected chi connectivity index (χ4v) is 0.190. The molecule has 1 nitrogen and oxygen atoms in total. The molecule has 0 aliphatic heterocycles. The molecular formula is C5H10N+. The smallest absolute Gasteiger partial charge is 0.0923 e. The van der Waals surface area contributed by atoms with Crippen molar-refractivity contribution in [2.75, 3.05) is 7.05 Å². The first-order valence-electron chi connectivity index (χ1n) is 1.99. The molecule has 0 radical (unpaired) electrons. The summed E-state index contributed by atoms with van der Waals surface area (Å²) in [4.78, 5) is 0. The Bertz CT molecular complexity index is 55.0. The van der Waals surface area contributed by atoms with Gasteiger partial charge in [0, 0.05) is 0 Å². The van der Waals surface area contributed by atoms with Crippen LogP contribution in [0.1, 0.15) is 0 Å². The normalized spacial score (nSPS) is 9.50. The minimum absolute atomic E-state index is 1.75. The highest BCUT2D eigenvalue weighted by Gasteiger charge is 1.55. The van der Waals surface area contributed by atoms with E-state index in [1.807, 2.05) is 24.6 Å². The molecule has 0 aliphatic rings. The zero-order valence-electron chi connectivity index (χ0n) is 4.02. The summed E-state index contributed by atoms with van der Waals surface area (Å²) >= 11 is 0. The van der Waals surface area contributed by atoms with Crippen LogP contribution in [0.15, 0.2) is 24.9 Å². The number of rotatable bonds is 2. The van der Waals surface area contributed by atoms with Gasteiger partial charge in [0.15, 0.2) is 0 Å². The van der Waals surface area contributed by atoms with Gasteiger partial charge in [0.1, 0.15) is 0 Å². The van der Waals surface area contributed by atoms with Crippen LogP contribution in [0.25, 0.3) is 0 Å². The summed E-state index contributed by atoms with van der Waals surface area (Å²) in [5, 5.41) is 1.96. The van der Waals surface area contributed by atoms with Crippen molar-refractivity contribution >= 4 is 0 Å². The van der Waals surface area contributed by atoms with E-state index < -0.39 is 0 Å². The first kappa shape index (κ1) is 5.44. The van der Waals surface area contributed by atoms with E-state index in [-0.39, 0.29) is 0 Å². The molecule has 0 bridgehead atoms. The molecule has 6 heavy (non-hydrogen) atoms. The Labute approximate surface area is 38.4 Å². The molecule has 0 aromatic heterocycles. The third-order valence-electron chi connectivity index (χ3n) is 0.440. The molecule has 0 unspecified atom stereocenters. The molecule has 0 rings (SSSR count). The van der Waals surface area contributed by atoms with E-state index in [4.69, 9.17) is 0 Å². The Kier molecular flexibility index (Phi) is 4.03. The maximum absolute atomic E-state index is 3.49. The predicted octanol–water partition coefficient (Wildman–Crippen LogP) is -0.121. The van der Waals surface area contributed by atoms with E-state index in [2.05, 4.69) is 6.58 Å². The van der Waals surface area contributed by atoms with E-state index in [0.717, 1.165) is 0 Å². The molecule has 0 aromatic rings. The lowest BCUT2D eigenvalue weighted by Crippen LogP contribution is -2.72. The Morgan fingerprint density at radius 2 is 2.33 bits per heavy atom. The average Bonchev–Trinajstić information content (AvgIpc) is 1.61. The Balaban J connectivity index is 2.94. The minimum atomic E-state index is 1.75. The van der Waals surface area contributed by atoms with Crippen molar-refractivity contribution in [3.8, 4) is 0 Å². The van der Waals surface area contributed by atoms with Gasteiger partial charge in [-0.3, -0.25) is 0 Å². The quantitative estimate of drug-likeness (QED) is 0.449. The number of allylic oxidation sites excluding steroid dienone is 2. The van der Waals surface area contributed by atoms with E-state index >= 15 is 0 Å². The van der Waals surface area contributed by atoms with Crippen LogP contribution in [0.5, 0.6) is 0 Å². The predicted molar refractivity (Wildman–Crippen MR) is 27.2 cm³/mol. The van der Waals surface area contributed by atoms with Crippen LogP contribution in [0.2, 0.25) is 0 Å². The molecule has 0 heterocycles. The van der Waals surface area contributed by atoms with Crippen molar-refractivity contribution in [2.45, 2.75) is 0 Å². The monoisotopic (exact) mass is 84.1 g/mol. The van der Waals surface area contributed by atoms with E-state index in [1.54, 1.807) is 6.08 Å². The van der Waals surface area contributed by atoms with Gasteiger partial charge in [-0.1, -0.05) is 12.7 Å². The molecule has 0 spiro atoms. The number of hydrogen-bond acceptors (Lipinski definition) is 0. The van der Waals surface area contributed by atoms with Crippen LogP contribution in [-0.2, 0) is 0 Å². The van der Waals surface area contributed by atoms with Crippen molar-refractivity contribution in [1.82, 2.24) is 0 Å². The van der Waals surface area contributed by atoms with Gasteiger partial charge in [-0.15, -0.1) is 0 Å². The van der Waals surface area contributed by atoms with Gasteiger partial charge in [0.05, 0.1) is 13.2 Å². The van der Waals surface area contributed by atoms with E-state index in [0.29, 0.717) is 0 Å². The molecule has 0 fully saturated rings. The average molecular weight is 84.1 g/mol. The zero-order chi connectivity index (χ0) is 4.83. The maximum Gasteiger partial charge on any atom is 0.0923 e. The second kappa shape index (κ2) is 4.44. The van der Waals surface area contributed by atoms with E-state index in [1.165, 1.54) is 0 Å². The standard InChI is InChI=1S/C5H9N/c1-3-4-5-6-2/h3-6H,1H2,2H3/p+1. The molecule has 1 heteroatoms. The highest BCUT2D eigenvalue weighted by Crippen LogP contribution is 1.57. The second-order valence-corrected chi connectivity index (χ2v) is 0.954. The first-order valence-corrected chi connectivity index (χ1v) is 1.99. The summed E-state index contributed by atoms with van der Waals surface area (Å²) in [6.07, 6.45) is 5.58. The minimum Gasteiger partial charge on any atom is -0.322 e. The zero-order valence-corrected chi connectivity index (χ0v) is 4.02. The topological polar surface area (TPSA) is 16.6 Å². The third kappa shape index (κ3) is 3.44. The molecule has 0 amide bonds. The summed E-state index contributed by atoms with van der Waals surface area (Å²) in [7, 11) is 1.97. The molecular weight excluding hydrogens is 74.1 g/mol. The van der Waals surface area contributed by atoms with Crippen molar-refractivity contribution in [2.24, 2.45) is 0 Å². The summed E-state index contributed by atoms with van der Waals surface area (Å²) < 4.78 is 0. The molecule has 0 atom stereocenters. The summed E-state index contributed by atoms with van der Waals surface area (Å²) in [5.74, 6) is 0. The van der Waals surface area contributed by atoms with Gasteiger partial charge in [0.2, 0.25) is 0 Å². The maximum atomic E-state index is 3.49. The fourth-order valence-electron chi connectivity index (χ4n) is 0.190. The summed E-state index contributed by atoms with van der Waals surface area (Å²) in [5.41, 5.74) is 0. The third-order valence-corrected chi connectivity index (χ3v) is 0.440. The Morgan fingerprint density at radius 1 is 1.67 bits per heavy atom. The summed E-state index contributed by atoms with van der Waals surface area (Å²) in [6.45, 7) is 3.49. The van der Waals surface area contributed by atoms with Crippen LogP contribution in [-0.4, -0.2) is 7.05 Å². The van der Waals surface area contributed by atoms with E-state index in [9.17, 15) is 0 Å². The van der Waals surface area contributed by atoms with Crippen molar-refractivity contribution in [3.05, 3.63) is 24.9 Å². The number of hydrogen-bond donors (Lipinski definition) is 1. The van der Waals surface area contributed by atoms with Crippen LogP contribution < -0.4 is 5.32 Å². The van der Waals surface area contributed by atoms with Gasteiger partial charge in [-0.25, -0.2) is 0 Å². The van der Waals surface area contributed by atoms with Crippen molar-refractivity contribution < 1.29 is 5.32 Å². The summed E-state index contributed by atoms with van der Waals surface area (Å²) in [6, 6.07) is 0. The van der Waals surface area contributed by atoms with Crippen LogP contribution in [0, 0.1) is 0 Å². The molecule has 2 N–H and O–H groups in total. The van der Waals surface area contributed by atoms with Gasteiger partial charge in [-0.05, 0) is 6.08 Å². The van der Waals surface area contributed by atoms with Gasteiger partial charge in [-0.2, -0.15) is 0 Å². The molecule has 0 aromatic carbocycles. The SMILES string of the molecule is C=CC=C[NH2+]C. The molecule has 34 valence electrons. The lowest BCUT2D eigenvalue weighted by atomic mass is 10.6. The van der Waals surface area contributed by atoms with Crippen LogP contribution in [0.3, 0.4) is 0 Å². The highest BCUT2D eigenvalue weighted by atomic mass is 14.8. The lowest BCUT2D eigenvalue weighted by Gasteiger charge is -1.69. The van der Waals surface area contributed by atoms with Gasteiger partial charge in [0.25, 0.3) is 0 Å². The Hall–Kier alpha value is -0.560. The molecule has 0 saturated heterocycles. The van der Waals surface area contributed by atoms with Gasteiger partial charge >= 0.3 is 0 Å². The van der Waals surface area contributed by atoms with Crippen LogP contribution >= 0.6 is 0 Å².